The van der Waals surface area contributed by atoms with Gasteiger partial charge in [-0.2, -0.15) is 0 Å². The lowest BCUT2D eigenvalue weighted by Gasteiger charge is -2.24. The maximum absolute atomic E-state index is 7.07. The fourth-order valence-electron chi connectivity index (χ4n) is 1.68. The molecule has 21 heavy (non-hydrogen) atoms. The van der Waals surface area contributed by atoms with E-state index in [0.717, 1.165) is 38.5 Å². The average molecular weight is 325 g/mol. The highest BCUT2D eigenvalue weighted by molar-refractivity contribution is 5.85. The second-order valence-corrected chi connectivity index (χ2v) is 4.96. The second kappa shape index (κ2) is 15.8. The molecule has 6 nitrogen and oxygen atoms in total. The zero-order chi connectivity index (χ0) is 15.2. The number of hydrogen-bond donors (Lipinski definition) is 4. The lowest BCUT2D eigenvalue weighted by molar-refractivity contribution is -0.156. The molecule has 0 saturated heterocycles. The van der Waals surface area contributed by atoms with Crippen LogP contribution in [-0.4, -0.2) is 38.0 Å². The van der Waals surface area contributed by atoms with Crippen molar-refractivity contribution in [2.24, 2.45) is 11.5 Å². The van der Waals surface area contributed by atoms with Crippen molar-refractivity contribution in [3.05, 3.63) is 0 Å². The first-order valence-corrected chi connectivity index (χ1v) is 7.68. The molecule has 0 amide bonds. The Labute approximate surface area is 135 Å². The third kappa shape index (κ3) is 14.2. The number of guanidine groups is 1. The number of ether oxygens (including phenoxy) is 2. The molecule has 0 aromatic rings. The standard InChI is InChI=1S/C14H32N4O2.ClH/c1-3-5-10-19-13(20-11-6-4-2)12(15)8-7-9-18-14(16)17;/h12-13H,3-11,15H2,1-2H3,(H4,16,17,18);1H. The van der Waals surface area contributed by atoms with Gasteiger partial charge in [-0.3, -0.25) is 5.41 Å². The number of hydrogen-bond acceptors (Lipinski definition) is 4. The maximum Gasteiger partial charge on any atom is 0.185 e. The molecule has 0 aromatic heterocycles. The van der Waals surface area contributed by atoms with Crippen LogP contribution in [0.25, 0.3) is 0 Å². The summed E-state index contributed by atoms with van der Waals surface area (Å²) in [5.41, 5.74) is 11.4. The highest BCUT2D eigenvalue weighted by atomic mass is 35.5. The normalized spacial score (nSPS) is 12.0. The summed E-state index contributed by atoms with van der Waals surface area (Å²) in [6.07, 6.45) is 5.52. The molecule has 0 radical (unpaired) electrons. The molecule has 0 heterocycles. The number of halogens is 1. The molecular formula is C14H33ClN4O2. The minimum absolute atomic E-state index is 0. The van der Waals surface area contributed by atoms with Crippen molar-refractivity contribution in [3.8, 4) is 0 Å². The molecule has 0 fully saturated rings. The zero-order valence-electron chi connectivity index (χ0n) is 13.4. The van der Waals surface area contributed by atoms with Crippen LogP contribution in [0, 0.1) is 5.41 Å². The molecule has 7 heteroatoms. The van der Waals surface area contributed by atoms with Crippen LogP contribution in [0.5, 0.6) is 0 Å². The summed E-state index contributed by atoms with van der Waals surface area (Å²) in [4.78, 5) is 0. The minimum Gasteiger partial charge on any atom is -0.370 e. The lowest BCUT2D eigenvalue weighted by Crippen LogP contribution is -2.40. The number of nitrogens with one attached hydrogen (secondary N) is 2. The van der Waals surface area contributed by atoms with E-state index in [-0.39, 0.29) is 30.7 Å². The SMILES string of the molecule is CCCCOC(OCCCC)C(N)CCCNC(=N)N.Cl. The first-order valence-electron chi connectivity index (χ1n) is 7.68. The quantitative estimate of drug-likeness (QED) is 0.179. The van der Waals surface area contributed by atoms with Gasteiger partial charge in [0.25, 0.3) is 0 Å². The molecular weight excluding hydrogens is 292 g/mol. The zero-order valence-corrected chi connectivity index (χ0v) is 14.2. The molecule has 1 atom stereocenters. The third-order valence-corrected chi connectivity index (χ3v) is 2.94. The van der Waals surface area contributed by atoms with E-state index in [4.69, 9.17) is 26.4 Å². The molecule has 0 aliphatic rings. The molecule has 128 valence electrons. The van der Waals surface area contributed by atoms with Gasteiger partial charge >= 0.3 is 0 Å². The van der Waals surface area contributed by atoms with Gasteiger partial charge in [0.05, 0.1) is 6.04 Å². The molecule has 0 bridgehead atoms. The van der Waals surface area contributed by atoms with Crippen LogP contribution >= 0.6 is 12.4 Å². The highest BCUT2D eigenvalue weighted by Crippen LogP contribution is 2.08. The van der Waals surface area contributed by atoms with Gasteiger partial charge in [0, 0.05) is 19.8 Å². The number of unbranched alkanes of at least 4 members (excludes halogenated alkanes) is 2. The Morgan fingerprint density at radius 3 is 2.05 bits per heavy atom. The van der Waals surface area contributed by atoms with Crippen LogP contribution in [-0.2, 0) is 9.47 Å². The van der Waals surface area contributed by atoms with E-state index >= 15 is 0 Å². The molecule has 0 aliphatic carbocycles. The Morgan fingerprint density at radius 1 is 1.10 bits per heavy atom. The summed E-state index contributed by atoms with van der Waals surface area (Å²) < 4.78 is 11.5. The predicted molar refractivity (Wildman–Crippen MR) is 89.9 cm³/mol. The Bertz CT molecular complexity index is 235. The van der Waals surface area contributed by atoms with Crippen molar-refractivity contribution in [2.75, 3.05) is 19.8 Å². The van der Waals surface area contributed by atoms with Gasteiger partial charge in [-0.15, -0.1) is 12.4 Å². The van der Waals surface area contributed by atoms with Gasteiger partial charge in [0.1, 0.15) is 0 Å². The van der Waals surface area contributed by atoms with Crippen LogP contribution in [0.1, 0.15) is 52.4 Å². The highest BCUT2D eigenvalue weighted by Gasteiger charge is 2.18. The van der Waals surface area contributed by atoms with Crippen LogP contribution in [0.4, 0.5) is 0 Å². The van der Waals surface area contributed by atoms with E-state index < -0.39 is 0 Å². The smallest absolute Gasteiger partial charge is 0.185 e. The number of nitrogens with two attached hydrogens (primary N) is 2. The van der Waals surface area contributed by atoms with Gasteiger partial charge in [-0.25, -0.2) is 0 Å². The Hall–Kier alpha value is -0.560. The van der Waals surface area contributed by atoms with Gasteiger partial charge in [0.15, 0.2) is 12.2 Å². The maximum atomic E-state index is 7.07. The van der Waals surface area contributed by atoms with Gasteiger partial charge in [-0.05, 0) is 25.7 Å². The fraction of sp³-hybridized carbons (Fsp3) is 0.929. The monoisotopic (exact) mass is 324 g/mol. The van der Waals surface area contributed by atoms with Gasteiger partial charge in [-0.1, -0.05) is 26.7 Å². The summed E-state index contributed by atoms with van der Waals surface area (Å²) in [7, 11) is 0. The molecule has 0 spiro atoms. The molecule has 0 aliphatic heterocycles. The van der Waals surface area contributed by atoms with E-state index in [2.05, 4.69) is 19.2 Å². The van der Waals surface area contributed by atoms with Crippen molar-refractivity contribution in [1.29, 1.82) is 5.41 Å². The summed E-state index contributed by atoms with van der Waals surface area (Å²) >= 11 is 0. The van der Waals surface area contributed by atoms with Crippen molar-refractivity contribution in [1.82, 2.24) is 5.32 Å². The minimum atomic E-state index is -0.328. The number of rotatable bonds is 13. The van der Waals surface area contributed by atoms with Crippen LogP contribution in [0.2, 0.25) is 0 Å². The van der Waals surface area contributed by atoms with E-state index in [1.165, 1.54) is 0 Å². The first-order chi connectivity index (χ1) is 9.61. The van der Waals surface area contributed by atoms with Crippen molar-refractivity contribution in [3.63, 3.8) is 0 Å². The van der Waals surface area contributed by atoms with Crippen molar-refractivity contribution in [2.45, 2.75) is 64.7 Å². The molecule has 0 saturated carbocycles. The average Bonchev–Trinajstić information content (AvgIpc) is 2.42. The van der Waals surface area contributed by atoms with Crippen LogP contribution in [0.3, 0.4) is 0 Å². The summed E-state index contributed by atoms with van der Waals surface area (Å²) in [6, 6.07) is -0.141. The van der Waals surface area contributed by atoms with Gasteiger partial charge in [0.2, 0.25) is 0 Å². The first kappa shape index (κ1) is 22.7. The Morgan fingerprint density at radius 2 is 1.62 bits per heavy atom. The third-order valence-electron chi connectivity index (χ3n) is 2.94. The van der Waals surface area contributed by atoms with E-state index in [9.17, 15) is 0 Å². The van der Waals surface area contributed by atoms with E-state index in [1.807, 2.05) is 0 Å². The van der Waals surface area contributed by atoms with Gasteiger partial charge < -0.3 is 26.3 Å². The van der Waals surface area contributed by atoms with Crippen LogP contribution < -0.4 is 16.8 Å². The summed E-state index contributed by atoms with van der Waals surface area (Å²) in [5.74, 6) is -0.00601. The second-order valence-electron chi connectivity index (χ2n) is 4.96. The molecule has 0 aromatic carbocycles. The largest absolute Gasteiger partial charge is 0.370 e. The predicted octanol–water partition coefficient (Wildman–Crippen LogP) is 1.96. The fourth-order valence-corrected chi connectivity index (χ4v) is 1.68. The topological polar surface area (TPSA) is 106 Å². The Balaban J connectivity index is 0. The van der Waals surface area contributed by atoms with Crippen molar-refractivity contribution >= 4 is 18.4 Å². The molecule has 6 N–H and O–H groups in total. The summed E-state index contributed by atoms with van der Waals surface area (Å²) in [6.45, 7) is 6.28. The molecule has 1 unspecified atom stereocenters. The summed E-state index contributed by atoms with van der Waals surface area (Å²) in [5, 5.41) is 9.84. The van der Waals surface area contributed by atoms with E-state index in [1.54, 1.807) is 0 Å². The van der Waals surface area contributed by atoms with Crippen molar-refractivity contribution < 1.29 is 9.47 Å². The Kier molecular flexibility index (Phi) is 17.1. The molecule has 0 rings (SSSR count). The van der Waals surface area contributed by atoms with E-state index in [0.29, 0.717) is 19.8 Å². The van der Waals surface area contributed by atoms with Crippen LogP contribution in [0.15, 0.2) is 0 Å². The lowest BCUT2D eigenvalue weighted by atomic mass is 10.1.